The van der Waals surface area contributed by atoms with Gasteiger partial charge in [0.25, 0.3) is 0 Å². The predicted octanol–water partition coefficient (Wildman–Crippen LogP) is -0.825. The fraction of sp³-hybridized carbons (Fsp3) is 0.500. The highest BCUT2D eigenvalue weighted by Gasteiger charge is 2.69. The first-order valence-electron chi connectivity index (χ1n) is 10.1. The Morgan fingerprint density at radius 2 is 1.81 bits per heavy atom. The van der Waals surface area contributed by atoms with Crippen molar-refractivity contribution in [1.82, 2.24) is 4.90 Å². The molecule has 1 aromatic rings. The van der Waals surface area contributed by atoms with Crippen LogP contribution in [0.4, 0.5) is 0 Å². The van der Waals surface area contributed by atoms with E-state index in [2.05, 4.69) is 0 Å². The number of hydrogen-bond donors (Lipinski definition) is 3. The van der Waals surface area contributed by atoms with Gasteiger partial charge in [0.2, 0.25) is 5.91 Å². The van der Waals surface area contributed by atoms with Crippen LogP contribution in [0, 0.1) is 30.6 Å². The lowest BCUT2D eigenvalue weighted by Gasteiger charge is -2.52. The summed E-state index contributed by atoms with van der Waals surface area (Å²) in [4.78, 5) is 66.1. The number of amides is 1. The van der Waals surface area contributed by atoms with E-state index < -0.39 is 64.4 Å². The number of nitrogens with zero attached hydrogens (tertiary/aromatic N) is 1. The number of fused-ring (bicyclic) bond motifs is 3. The van der Waals surface area contributed by atoms with Crippen molar-refractivity contribution in [3.63, 3.8) is 0 Å². The van der Waals surface area contributed by atoms with Crippen molar-refractivity contribution in [2.45, 2.75) is 31.4 Å². The molecule has 1 aromatic carbocycles. The third-order valence-electron chi connectivity index (χ3n) is 7.01. The Bertz CT molecular complexity index is 1060. The minimum Gasteiger partial charge on any atom is -0.507 e. The lowest BCUT2D eigenvalue weighted by atomic mass is 9.52. The number of Topliss-reactive ketones (excluding diaryl/α,β-unsaturated/α-hetero) is 4. The van der Waals surface area contributed by atoms with E-state index >= 15 is 0 Å². The Kier molecular flexibility index (Phi) is 4.68. The van der Waals surface area contributed by atoms with Crippen LogP contribution in [-0.4, -0.2) is 69.9 Å². The van der Waals surface area contributed by atoms with Crippen LogP contribution in [0.5, 0.6) is 5.75 Å². The molecule has 4 N–H and O–H groups in total. The molecule has 3 aliphatic carbocycles. The minimum atomic E-state index is -2.68. The van der Waals surface area contributed by atoms with Crippen molar-refractivity contribution in [3.8, 4) is 5.75 Å². The molecular weight excluding hydrogens is 404 g/mol. The van der Waals surface area contributed by atoms with Gasteiger partial charge in [-0.1, -0.05) is 6.07 Å². The maximum Gasteiger partial charge on any atom is 0.235 e. The molecule has 0 aliphatic heterocycles. The number of ketones is 4. The van der Waals surface area contributed by atoms with Crippen LogP contribution in [0.25, 0.3) is 0 Å². The van der Waals surface area contributed by atoms with E-state index in [-0.39, 0.29) is 24.2 Å². The molecule has 0 bridgehead atoms. The summed E-state index contributed by atoms with van der Waals surface area (Å²) in [6, 6.07) is 2.09. The molecular formula is C22H24N2O7. The van der Waals surface area contributed by atoms with E-state index in [0.717, 1.165) is 5.56 Å². The highest BCUT2D eigenvalue weighted by Crippen LogP contribution is 2.50. The molecule has 0 aromatic heterocycles. The summed E-state index contributed by atoms with van der Waals surface area (Å²) in [6.45, 7) is 1.77. The highest BCUT2D eigenvalue weighted by atomic mass is 16.3. The molecule has 1 amide bonds. The van der Waals surface area contributed by atoms with Gasteiger partial charge in [-0.3, -0.25) is 28.9 Å². The molecule has 0 spiro atoms. The van der Waals surface area contributed by atoms with Crippen molar-refractivity contribution in [1.29, 1.82) is 0 Å². The molecule has 9 heteroatoms. The van der Waals surface area contributed by atoms with Crippen molar-refractivity contribution < 1.29 is 34.2 Å². The Morgan fingerprint density at radius 3 is 2.39 bits per heavy atom. The van der Waals surface area contributed by atoms with Crippen LogP contribution < -0.4 is 5.73 Å². The average molecular weight is 428 g/mol. The van der Waals surface area contributed by atoms with E-state index in [1.54, 1.807) is 27.1 Å². The zero-order valence-corrected chi connectivity index (χ0v) is 17.4. The minimum absolute atomic E-state index is 0.0113. The van der Waals surface area contributed by atoms with Crippen LogP contribution >= 0.6 is 0 Å². The van der Waals surface area contributed by atoms with Gasteiger partial charge in [0.1, 0.15) is 5.75 Å². The number of aromatic hydroxyl groups is 1. The van der Waals surface area contributed by atoms with Gasteiger partial charge in [-0.2, -0.15) is 0 Å². The molecule has 31 heavy (non-hydrogen) atoms. The van der Waals surface area contributed by atoms with E-state index in [9.17, 15) is 34.2 Å². The quantitative estimate of drug-likeness (QED) is 0.516. The van der Waals surface area contributed by atoms with Crippen LogP contribution in [0.15, 0.2) is 12.1 Å². The standard InChI is InChI=1S/C22H24N2O7/c1-8-4-9-6-10-7-11-16(24(2)3)18(27)15(21(23)30)20(29)22(11,31)19(28)14(10)17(26)13(9)12(25)5-8/h4-5,10-11,14-16,25,31H,6-7H2,1-3H3,(H2,23,30)/t10-,11-,14?,15?,16-,22-/m0/s1. The second kappa shape index (κ2) is 6.80. The molecule has 4 rings (SSSR count). The molecule has 2 unspecified atom stereocenters. The number of phenolic OH excluding ortho intramolecular Hbond substituents is 1. The summed E-state index contributed by atoms with van der Waals surface area (Å²) in [6.07, 6.45) is 0.333. The van der Waals surface area contributed by atoms with Gasteiger partial charge in [-0.25, -0.2) is 0 Å². The molecule has 0 heterocycles. The number of aryl methyl sites for hydroxylation is 1. The Morgan fingerprint density at radius 1 is 1.16 bits per heavy atom. The average Bonchev–Trinajstić information content (AvgIpc) is 2.63. The Labute approximate surface area is 178 Å². The summed E-state index contributed by atoms with van der Waals surface area (Å²) in [5.74, 6) is -10.2. The first-order valence-corrected chi connectivity index (χ1v) is 10.1. The molecule has 164 valence electrons. The number of aliphatic hydroxyl groups is 1. The van der Waals surface area contributed by atoms with Gasteiger partial charge in [-0.15, -0.1) is 0 Å². The number of hydrogen-bond acceptors (Lipinski definition) is 8. The molecule has 6 atom stereocenters. The van der Waals surface area contributed by atoms with E-state index in [0.29, 0.717) is 5.56 Å². The molecule has 2 fully saturated rings. The van der Waals surface area contributed by atoms with Crippen LogP contribution in [0.2, 0.25) is 0 Å². The van der Waals surface area contributed by atoms with Gasteiger partial charge < -0.3 is 15.9 Å². The first-order chi connectivity index (χ1) is 14.4. The van der Waals surface area contributed by atoms with E-state index in [1.165, 1.54) is 11.0 Å². The number of nitrogens with two attached hydrogens (primary N) is 1. The topological polar surface area (TPSA) is 155 Å². The summed E-state index contributed by atoms with van der Waals surface area (Å²) in [5.41, 5.74) is 3.94. The number of carbonyl (C=O) groups is 5. The smallest absolute Gasteiger partial charge is 0.235 e. The number of carbonyl (C=O) groups excluding carboxylic acids is 5. The van der Waals surface area contributed by atoms with Crippen LogP contribution in [-0.2, 0) is 25.6 Å². The summed E-state index contributed by atoms with van der Waals surface area (Å²) in [5, 5.41) is 21.7. The highest BCUT2D eigenvalue weighted by molar-refractivity contribution is 6.32. The monoisotopic (exact) mass is 428 g/mol. The maximum absolute atomic E-state index is 13.5. The van der Waals surface area contributed by atoms with Crippen LogP contribution in [0.1, 0.15) is 27.9 Å². The number of benzene rings is 1. The molecule has 3 aliphatic rings. The van der Waals surface area contributed by atoms with Gasteiger partial charge in [0, 0.05) is 5.92 Å². The van der Waals surface area contributed by atoms with Crippen molar-refractivity contribution in [2.75, 3.05) is 14.1 Å². The first kappa shape index (κ1) is 21.3. The molecule has 0 saturated heterocycles. The van der Waals surface area contributed by atoms with Gasteiger partial charge in [0.15, 0.2) is 34.7 Å². The van der Waals surface area contributed by atoms with Gasteiger partial charge >= 0.3 is 0 Å². The largest absolute Gasteiger partial charge is 0.507 e. The number of rotatable bonds is 2. The van der Waals surface area contributed by atoms with Crippen molar-refractivity contribution >= 4 is 29.0 Å². The summed E-state index contributed by atoms with van der Waals surface area (Å²) >= 11 is 0. The van der Waals surface area contributed by atoms with Crippen molar-refractivity contribution in [2.24, 2.45) is 29.4 Å². The summed E-state index contributed by atoms with van der Waals surface area (Å²) < 4.78 is 0. The third kappa shape index (κ3) is 2.73. The van der Waals surface area contributed by atoms with E-state index in [4.69, 9.17) is 5.73 Å². The number of likely N-dealkylation sites (N-methyl/N-ethyl adjacent to an activating group) is 1. The van der Waals surface area contributed by atoms with E-state index in [1.807, 2.05) is 0 Å². The lowest BCUT2D eigenvalue weighted by Crippen LogP contribution is -2.74. The second-order valence-electron chi connectivity index (χ2n) is 9.11. The number of primary amides is 1. The molecule has 2 saturated carbocycles. The number of phenols is 1. The third-order valence-corrected chi connectivity index (χ3v) is 7.01. The summed E-state index contributed by atoms with van der Waals surface area (Å²) in [7, 11) is 3.10. The fourth-order valence-electron chi connectivity index (χ4n) is 5.79. The van der Waals surface area contributed by atoms with Crippen LogP contribution in [0.3, 0.4) is 0 Å². The fourth-order valence-corrected chi connectivity index (χ4v) is 5.79. The van der Waals surface area contributed by atoms with Crippen molar-refractivity contribution in [3.05, 3.63) is 28.8 Å². The van der Waals surface area contributed by atoms with Gasteiger partial charge in [0.05, 0.1) is 17.5 Å². The molecule has 0 radical (unpaired) electrons. The normalized spacial score (nSPS) is 34.9. The predicted molar refractivity (Wildman–Crippen MR) is 106 cm³/mol. The Balaban J connectivity index is 1.87. The second-order valence-corrected chi connectivity index (χ2v) is 9.11. The zero-order valence-electron chi connectivity index (χ0n) is 17.4. The Hall–Kier alpha value is -2.91. The lowest BCUT2D eigenvalue weighted by molar-refractivity contribution is -0.181. The molecule has 9 nitrogen and oxygen atoms in total. The zero-order chi connectivity index (χ0) is 23.0. The SMILES string of the molecule is Cc1cc(O)c2c(c1)C[C@H]1C[C@H]3[C@H](N(C)C)C(=O)C(C(N)=O)C(=O)[C@@]3(O)C(=O)C1C2=O. The maximum atomic E-state index is 13.5. The van der Waals surface area contributed by atoms with Gasteiger partial charge in [-0.05, 0) is 57.0 Å².